The first-order valence-electron chi connectivity index (χ1n) is 7.52. The van der Waals surface area contributed by atoms with Crippen LogP contribution in [-0.4, -0.2) is 17.2 Å². The van der Waals surface area contributed by atoms with E-state index in [1.54, 1.807) is 0 Å². The molecule has 1 aromatic carbocycles. The molecule has 0 atom stereocenters. The van der Waals surface area contributed by atoms with E-state index in [4.69, 9.17) is 4.42 Å². The average molecular weight is 300 g/mol. The maximum absolute atomic E-state index is 11.8. The minimum Gasteiger partial charge on any atom is -0.440 e. The Bertz CT molecular complexity index is 593. The Morgan fingerprint density at radius 3 is 2.68 bits per heavy atom. The minimum atomic E-state index is -0.123. The van der Waals surface area contributed by atoms with Crippen LogP contribution in [0.25, 0.3) is 0 Å². The summed E-state index contributed by atoms with van der Waals surface area (Å²) in [6, 6.07) is 10.4. The fraction of sp³-hybridized carbons (Fsp3) is 0.353. The van der Waals surface area contributed by atoms with E-state index in [1.807, 2.05) is 6.07 Å². The Kier molecular flexibility index (Phi) is 6.36. The van der Waals surface area contributed by atoms with Gasteiger partial charge in [0.1, 0.15) is 6.26 Å². The quantitative estimate of drug-likeness (QED) is 0.413. The van der Waals surface area contributed by atoms with E-state index in [2.05, 4.69) is 34.6 Å². The lowest BCUT2D eigenvalue weighted by Gasteiger charge is -2.01. The first-order valence-corrected chi connectivity index (χ1v) is 7.52. The monoisotopic (exact) mass is 300 g/mol. The molecule has 0 fully saturated rings. The number of anilines is 1. The fourth-order valence-corrected chi connectivity index (χ4v) is 2.25. The number of carbonyl (C=O) groups excluding carboxylic acids is 2. The second-order valence-electron chi connectivity index (χ2n) is 5.12. The Hall–Kier alpha value is -2.43. The van der Waals surface area contributed by atoms with Crippen LogP contribution in [0.15, 0.2) is 41.0 Å². The van der Waals surface area contributed by atoms with Crippen LogP contribution in [0.2, 0.25) is 0 Å². The zero-order chi connectivity index (χ0) is 15.6. The lowest BCUT2D eigenvalue weighted by atomic mass is 10.0. The number of amides is 1. The number of hydrogen-bond donors (Lipinski definition) is 1. The van der Waals surface area contributed by atoms with Crippen molar-refractivity contribution in [2.45, 2.75) is 38.5 Å². The van der Waals surface area contributed by atoms with Crippen LogP contribution in [0.1, 0.15) is 48.4 Å². The highest BCUT2D eigenvalue weighted by Gasteiger charge is 2.12. The first kappa shape index (κ1) is 15.9. The average Bonchev–Trinajstić information content (AvgIpc) is 3.01. The molecule has 1 N–H and O–H groups in total. The summed E-state index contributed by atoms with van der Waals surface area (Å²) in [6.45, 7) is 0. The molecule has 2 rings (SSSR count). The number of oxazole rings is 1. The largest absolute Gasteiger partial charge is 0.440 e. The molecule has 0 saturated carbocycles. The van der Waals surface area contributed by atoms with E-state index < -0.39 is 0 Å². The van der Waals surface area contributed by atoms with Crippen LogP contribution in [0.3, 0.4) is 0 Å². The molecular weight excluding hydrogens is 280 g/mol. The third kappa shape index (κ3) is 5.16. The first-order chi connectivity index (χ1) is 10.8. The summed E-state index contributed by atoms with van der Waals surface area (Å²) < 4.78 is 5.03. The number of nitrogens with zero attached hydrogens (tertiary/aromatic N) is 1. The summed E-state index contributed by atoms with van der Waals surface area (Å²) in [7, 11) is 0. The van der Waals surface area contributed by atoms with E-state index in [9.17, 15) is 9.59 Å². The second kappa shape index (κ2) is 8.77. The van der Waals surface area contributed by atoms with Gasteiger partial charge in [-0.3, -0.25) is 9.59 Å². The second-order valence-corrected chi connectivity index (χ2v) is 5.12. The van der Waals surface area contributed by atoms with Crippen molar-refractivity contribution in [3.05, 3.63) is 48.0 Å². The number of unbranched alkanes of at least 4 members (excludes halogenated alkanes) is 3. The number of nitrogens with one attached hydrogen (secondary N) is 1. The van der Waals surface area contributed by atoms with Gasteiger partial charge in [0.25, 0.3) is 5.89 Å². The smallest absolute Gasteiger partial charge is 0.265 e. The van der Waals surface area contributed by atoms with Gasteiger partial charge in [0, 0.05) is 6.42 Å². The molecule has 0 spiro atoms. The number of ketones is 1. The molecular formula is C17H20N2O3. The van der Waals surface area contributed by atoms with Crippen LogP contribution in [-0.2, 0) is 11.2 Å². The molecule has 0 aliphatic carbocycles. The van der Waals surface area contributed by atoms with E-state index in [-0.39, 0.29) is 17.5 Å². The molecule has 22 heavy (non-hydrogen) atoms. The Morgan fingerprint density at radius 1 is 1.14 bits per heavy atom. The van der Waals surface area contributed by atoms with Gasteiger partial charge in [0.15, 0.2) is 5.82 Å². The molecule has 0 aliphatic heterocycles. The Balaban J connectivity index is 1.59. The van der Waals surface area contributed by atoms with Crippen molar-refractivity contribution in [3.63, 3.8) is 0 Å². The molecule has 2 aromatic rings. The fourth-order valence-electron chi connectivity index (χ4n) is 2.25. The number of carbonyl (C=O) groups is 2. The lowest BCUT2D eigenvalue weighted by Crippen LogP contribution is -2.00. The number of hydrogen-bond acceptors (Lipinski definition) is 4. The molecule has 5 nitrogen and oxygen atoms in total. The van der Waals surface area contributed by atoms with Gasteiger partial charge in [-0.15, -0.1) is 0 Å². The van der Waals surface area contributed by atoms with Gasteiger partial charge in [-0.2, -0.15) is 4.98 Å². The molecule has 1 heterocycles. The molecule has 1 amide bonds. The summed E-state index contributed by atoms with van der Waals surface area (Å²) >= 11 is 0. The third-order valence-corrected chi connectivity index (χ3v) is 3.41. The van der Waals surface area contributed by atoms with Crippen molar-refractivity contribution < 1.29 is 14.0 Å². The summed E-state index contributed by atoms with van der Waals surface area (Å²) in [4.78, 5) is 26.0. The number of Topliss-reactive ketones (excluding diaryl/α,β-unsaturated/α-hetero) is 1. The minimum absolute atomic E-state index is 0.0636. The lowest BCUT2D eigenvalue weighted by molar-refractivity contribution is -0.105. The SMILES string of the molecule is O=CNc1coc(C(=O)CCCCCCc2ccccc2)n1. The van der Waals surface area contributed by atoms with Crippen LogP contribution in [0, 0.1) is 0 Å². The molecule has 0 aliphatic rings. The summed E-state index contributed by atoms with van der Waals surface area (Å²) in [5.74, 6) is 0.205. The zero-order valence-corrected chi connectivity index (χ0v) is 12.5. The van der Waals surface area contributed by atoms with Crippen molar-refractivity contribution in [3.8, 4) is 0 Å². The molecule has 1 aromatic heterocycles. The number of rotatable bonds is 10. The van der Waals surface area contributed by atoms with E-state index in [0.717, 1.165) is 32.1 Å². The summed E-state index contributed by atoms with van der Waals surface area (Å²) in [5, 5.41) is 2.34. The van der Waals surface area contributed by atoms with Crippen LogP contribution in [0.5, 0.6) is 0 Å². The van der Waals surface area contributed by atoms with E-state index in [1.165, 1.54) is 11.8 Å². The van der Waals surface area contributed by atoms with Gasteiger partial charge < -0.3 is 9.73 Å². The third-order valence-electron chi connectivity index (χ3n) is 3.41. The van der Waals surface area contributed by atoms with Gasteiger partial charge in [-0.25, -0.2) is 0 Å². The molecule has 0 saturated heterocycles. The maximum Gasteiger partial charge on any atom is 0.265 e. The van der Waals surface area contributed by atoms with Gasteiger partial charge in [-0.05, 0) is 24.8 Å². The van der Waals surface area contributed by atoms with Gasteiger partial charge >= 0.3 is 0 Å². The highest BCUT2D eigenvalue weighted by molar-refractivity contribution is 5.92. The molecule has 5 heteroatoms. The number of benzene rings is 1. The number of aromatic nitrogens is 1. The Labute approximate surface area is 129 Å². The molecule has 116 valence electrons. The van der Waals surface area contributed by atoms with Crippen molar-refractivity contribution in [1.29, 1.82) is 0 Å². The summed E-state index contributed by atoms with van der Waals surface area (Å²) in [5.41, 5.74) is 1.36. The predicted octanol–water partition coefficient (Wildman–Crippen LogP) is 3.62. The van der Waals surface area contributed by atoms with Crippen molar-refractivity contribution in [1.82, 2.24) is 4.98 Å². The molecule has 0 radical (unpaired) electrons. The van der Waals surface area contributed by atoms with E-state index in [0.29, 0.717) is 12.8 Å². The highest BCUT2D eigenvalue weighted by Crippen LogP contribution is 2.13. The van der Waals surface area contributed by atoms with Gasteiger partial charge in [0.05, 0.1) is 0 Å². The van der Waals surface area contributed by atoms with Crippen molar-refractivity contribution in [2.75, 3.05) is 5.32 Å². The van der Waals surface area contributed by atoms with E-state index >= 15 is 0 Å². The van der Waals surface area contributed by atoms with Crippen LogP contribution < -0.4 is 5.32 Å². The molecule has 0 bridgehead atoms. The highest BCUT2D eigenvalue weighted by atomic mass is 16.3. The summed E-state index contributed by atoms with van der Waals surface area (Å²) in [6.07, 6.45) is 7.34. The standard InChI is InChI=1S/C17H20N2O3/c20-13-18-16-12-22-17(19-16)15(21)11-7-2-1-4-8-14-9-5-3-6-10-14/h3,5-6,9-10,12-13H,1-2,4,7-8,11H2,(H,18,20). The Morgan fingerprint density at radius 2 is 1.91 bits per heavy atom. The maximum atomic E-state index is 11.8. The molecule has 0 unspecified atom stereocenters. The number of aryl methyl sites for hydroxylation is 1. The van der Waals surface area contributed by atoms with Gasteiger partial charge in [-0.1, -0.05) is 43.2 Å². The van der Waals surface area contributed by atoms with Crippen molar-refractivity contribution >= 4 is 18.0 Å². The van der Waals surface area contributed by atoms with Gasteiger partial charge in [0.2, 0.25) is 12.2 Å². The topological polar surface area (TPSA) is 72.2 Å². The van der Waals surface area contributed by atoms with Crippen LogP contribution >= 0.6 is 0 Å². The zero-order valence-electron chi connectivity index (χ0n) is 12.5. The van der Waals surface area contributed by atoms with Crippen LogP contribution in [0.4, 0.5) is 5.82 Å². The normalized spacial score (nSPS) is 10.4. The van der Waals surface area contributed by atoms with Crippen molar-refractivity contribution in [2.24, 2.45) is 0 Å². The predicted molar refractivity (Wildman–Crippen MR) is 83.8 cm³/mol.